The Hall–Kier alpha value is -1.30. The van der Waals surface area contributed by atoms with Crippen LogP contribution >= 0.6 is 35.0 Å². The molecule has 1 aromatic heterocycles. The van der Waals surface area contributed by atoms with Crippen molar-refractivity contribution in [3.8, 4) is 0 Å². The van der Waals surface area contributed by atoms with Crippen LogP contribution in [0.3, 0.4) is 0 Å². The highest BCUT2D eigenvalue weighted by Gasteiger charge is 2.05. The maximum atomic E-state index is 12.1. The van der Waals surface area contributed by atoms with Crippen LogP contribution < -0.4 is 16.1 Å². The van der Waals surface area contributed by atoms with Gasteiger partial charge < -0.3 is 4.90 Å². The zero-order valence-electron chi connectivity index (χ0n) is 12.8. The third-order valence-corrected chi connectivity index (χ3v) is 4.79. The molecule has 0 unspecified atom stereocenters. The maximum Gasteiger partial charge on any atom is 0.275 e. The van der Waals surface area contributed by atoms with Gasteiger partial charge in [-0.3, -0.25) is 14.6 Å². The van der Waals surface area contributed by atoms with E-state index in [1.54, 1.807) is 19.3 Å². The van der Waals surface area contributed by atoms with Crippen LogP contribution in [0.5, 0.6) is 0 Å². The monoisotopic (exact) mass is 357 g/mol. The standard InChI is InChI=1S/C15H17Cl2N3OS/c1-9-5-14(12(17)6-11(9)16)22-8-13-10(7-19(2)3)15(21)20(4)18-13/h5-8,18H,1-4H3/b10-7?,13-8-. The molecule has 2 rings (SSSR count). The normalized spacial score (nSPS) is 13.0. The molecular weight excluding hydrogens is 341 g/mol. The van der Waals surface area contributed by atoms with E-state index in [1.165, 1.54) is 16.4 Å². The number of aromatic nitrogens is 2. The Balaban J connectivity index is 2.50. The summed E-state index contributed by atoms with van der Waals surface area (Å²) in [5.41, 5.74) is 0.891. The molecule has 0 saturated carbocycles. The third kappa shape index (κ3) is 3.72. The van der Waals surface area contributed by atoms with Crippen molar-refractivity contribution in [2.45, 2.75) is 11.8 Å². The minimum absolute atomic E-state index is 0.0704. The number of aryl methyl sites for hydroxylation is 2. The summed E-state index contributed by atoms with van der Waals surface area (Å²) in [6.45, 7) is 1.93. The van der Waals surface area contributed by atoms with Crippen LogP contribution in [0.2, 0.25) is 10.0 Å². The van der Waals surface area contributed by atoms with Crippen LogP contribution in [0.15, 0.2) is 21.8 Å². The molecule has 0 saturated heterocycles. The predicted octanol–water partition coefficient (Wildman–Crippen LogP) is 2.16. The number of hydrogen-bond acceptors (Lipinski definition) is 3. The Morgan fingerprint density at radius 3 is 2.59 bits per heavy atom. The van der Waals surface area contributed by atoms with E-state index in [4.69, 9.17) is 23.2 Å². The lowest BCUT2D eigenvalue weighted by Crippen LogP contribution is -2.36. The molecule has 0 spiro atoms. The Labute approximate surface area is 143 Å². The van der Waals surface area contributed by atoms with Crippen molar-refractivity contribution in [2.75, 3.05) is 14.1 Å². The van der Waals surface area contributed by atoms with Gasteiger partial charge in [0.05, 0.1) is 15.6 Å². The van der Waals surface area contributed by atoms with Gasteiger partial charge in [-0.25, -0.2) is 0 Å². The van der Waals surface area contributed by atoms with Crippen molar-refractivity contribution in [2.24, 2.45) is 7.05 Å². The molecule has 0 aliphatic rings. The second kappa shape index (κ2) is 6.86. The molecule has 0 fully saturated rings. The fourth-order valence-corrected chi connectivity index (χ4v) is 3.26. The van der Waals surface area contributed by atoms with Crippen LogP contribution in [0.1, 0.15) is 5.56 Å². The van der Waals surface area contributed by atoms with Crippen molar-refractivity contribution in [3.63, 3.8) is 0 Å². The second-order valence-electron chi connectivity index (χ2n) is 5.16. The molecule has 1 N–H and O–H groups in total. The molecule has 0 atom stereocenters. The molecule has 0 aliphatic heterocycles. The van der Waals surface area contributed by atoms with E-state index in [9.17, 15) is 4.79 Å². The van der Waals surface area contributed by atoms with Gasteiger partial charge in [-0.2, -0.15) is 0 Å². The van der Waals surface area contributed by atoms with Gasteiger partial charge in [0, 0.05) is 42.7 Å². The lowest BCUT2D eigenvalue weighted by atomic mass is 10.2. The topological polar surface area (TPSA) is 41.0 Å². The van der Waals surface area contributed by atoms with E-state index < -0.39 is 0 Å². The number of aromatic amines is 1. The number of halogens is 2. The summed E-state index contributed by atoms with van der Waals surface area (Å²) in [7, 11) is 5.45. The summed E-state index contributed by atoms with van der Waals surface area (Å²) in [6, 6.07) is 3.66. The Bertz CT molecular complexity index is 868. The van der Waals surface area contributed by atoms with Crippen molar-refractivity contribution in [1.82, 2.24) is 14.7 Å². The van der Waals surface area contributed by atoms with Crippen molar-refractivity contribution >= 4 is 46.6 Å². The number of nitrogens with one attached hydrogen (secondary N) is 1. The van der Waals surface area contributed by atoms with E-state index >= 15 is 0 Å². The van der Waals surface area contributed by atoms with E-state index in [0.717, 1.165) is 15.8 Å². The average molecular weight is 358 g/mol. The number of nitrogens with zero attached hydrogens (tertiary/aromatic N) is 2. The molecule has 7 heteroatoms. The smallest absolute Gasteiger partial charge is 0.275 e. The molecule has 0 aliphatic carbocycles. The van der Waals surface area contributed by atoms with Crippen LogP contribution in [-0.2, 0) is 7.05 Å². The van der Waals surface area contributed by atoms with Gasteiger partial charge in [-0.15, -0.1) is 0 Å². The largest absolute Gasteiger partial charge is 0.383 e. The van der Waals surface area contributed by atoms with Gasteiger partial charge in [0.1, 0.15) is 0 Å². The van der Waals surface area contributed by atoms with Gasteiger partial charge in [-0.05, 0) is 24.6 Å². The Morgan fingerprint density at radius 1 is 1.27 bits per heavy atom. The minimum atomic E-state index is -0.0704. The van der Waals surface area contributed by atoms with Gasteiger partial charge in [0.25, 0.3) is 5.56 Å². The number of H-pyrrole nitrogens is 1. The summed E-state index contributed by atoms with van der Waals surface area (Å²) < 4.78 is 1.45. The average Bonchev–Trinajstić information content (AvgIpc) is 2.69. The fourth-order valence-electron chi connectivity index (χ4n) is 1.90. The molecule has 2 aromatic rings. The summed E-state index contributed by atoms with van der Waals surface area (Å²) in [5, 5.41) is 7.51. The zero-order chi connectivity index (χ0) is 16.4. The molecule has 118 valence electrons. The molecule has 1 aromatic carbocycles. The van der Waals surface area contributed by atoms with Crippen molar-refractivity contribution in [1.29, 1.82) is 0 Å². The van der Waals surface area contributed by atoms with Gasteiger partial charge >= 0.3 is 0 Å². The Morgan fingerprint density at radius 2 is 1.95 bits per heavy atom. The van der Waals surface area contributed by atoms with Crippen LogP contribution in [-0.4, -0.2) is 28.8 Å². The maximum absolute atomic E-state index is 12.1. The zero-order valence-corrected chi connectivity index (χ0v) is 15.1. The van der Waals surface area contributed by atoms with Crippen LogP contribution in [0, 0.1) is 6.92 Å². The molecule has 0 bridgehead atoms. The highest BCUT2D eigenvalue weighted by Crippen LogP contribution is 2.32. The summed E-state index contributed by atoms with van der Waals surface area (Å²) in [4.78, 5) is 14.8. The predicted molar refractivity (Wildman–Crippen MR) is 95.0 cm³/mol. The molecule has 0 amide bonds. The molecule has 1 heterocycles. The first-order valence-corrected chi connectivity index (χ1v) is 8.19. The van der Waals surface area contributed by atoms with E-state index in [-0.39, 0.29) is 5.56 Å². The van der Waals surface area contributed by atoms with E-state index in [1.807, 2.05) is 37.4 Å². The van der Waals surface area contributed by atoms with Gasteiger partial charge in [0.2, 0.25) is 0 Å². The lowest BCUT2D eigenvalue weighted by Gasteiger charge is -2.04. The SMILES string of the molecule is Cc1cc(S/C=c2\[nH]n(C)c(=O)c2=CN(C)C)c(Cl)cc1Cl. The number of benzene rings is 1. The van der Waals surface area contributed by atoms with E-state index in [2.05, 4.69) is 5.10 Å². The summed E-state index contributed by atoms with van der Waals surface area (Å²) in [5.74, 6) is 0. The number of hydrogen-bond donors (Lipinski definition) is 1. The van der Waals surface area contributed by atoms with Gasteiger partial charge in [0.15, 0.2) is 0 Å². The summed E-state index contributed by atoms with van der Waals surface area (Å²) in [6.07, 6.45) is 1.79. The fraction of sp³-hybridized carbons (Fsp3) is 0.267. The lowest BCUT2D eigenvalue weighted by molar-refractivity contribution is 0.613. The first-order chi connectivity index (χ1) is 10.3. The van der Waals surface area contributed by atoms with Gasteiger partial charge in [-0.1, -0.05) is 35.0 Å². The van der Waals surface area contributed by atoms with Crippen LogP contribution in [0.4, 0.5) is 0 Å². The van der Waals surface area contributed by atoms with Crippen molar-refractivity contribution < 1.29 is 0 Å². The summed E-state index contributed by atoms with van der Waals surface area (Å²) >= 11 is 13.7. The molecular formula is C15H17Cl2N3OS. The molecule has 4 nitrogen and oxygen atoms in total. The second-order valence-corrected chi connectivity index (χ2v) is 6.89. The number of thioether (sulfide) groups is 1. The quantitative estimate of drug-likeness (QED) is 0.855. The Kier molecular flexibility index (Phi) is 5.32. The van der Waals surface area contributed by atoms with E-state index in [0.29, 0.717) is 15.3 Å². The molecule has 0 radical (unpaired) electrons. The minimum Gasteiger partial charge on any atom is -0.383 e. The third-order valence-electron chi connectivity index (χ3n) is 3.02. The van der Waals surface area contributed by atoms with Crippen molar-refractivity contribution in [3.05, 3.63) is 48.7 Å². The first kappa shape index (κ1) is 17.1. The highest BCUT2D eigenvalue weighted by molar-refractivity contribution is 8.06. The highest BCUT2D eigenvalue weighted by atomic mass is 35.5. The number of rotatable bonds is 3. The van der Waals surface area contributed by atoms with Crippen LogP contribution in [0.25, 0.3) is 11.6 Å². The first-order valence-electron chi connectivity index (χ1n) is 6.55. The molecule has 22 heavy (non-hydrogen) atoms.